The molecule has 4 aliphatic heterocycles. The number of rotatable bonds is 19. The van der Waals surface area contributed by atoms with Crippen LogP contribution < -0.4 is 0 Å². The van der Waals surface area contributed by atoms with E-state index >= 15 is 0 Å². The zero-order valence-corrected chi connectivity index (χ0v) is 42.8. The number of methoxy groups -OCH3 is 1. The van der Waals surface area contributed by atoms with E-state index in [0.29, 0.717) is 37.6 Å². The van der Waals surface area contributed by atoms with Crippen molar-refractivity contribution in [2.45, 2.75) is 208 Å². The summed E-state index contributed by atoms with van der Waals surface area (Å²) >= 11 is 0. The van der Waals surface area contributed by atoms with E-state index in [1.54, 1.807) is 31.4 Å². The summed E-state index contributed by atoms with van der Waals surface area (Å²) in [4.78, 5) is 0.298. The summed E-state index contributed by atoms with van der Waals surface area (Å²) in [6.45, 7) is 37.3. The summed E-state index contributed by atoms with van der Waals surface area (Å²) in [7, 11) is -6.45. The highest BCUT2D eigenvalue weighted by Crippen LogP contribution is 2.45. The first-order valence-electron chi connectivity index (χ1n) is 23.0. The summed E-state index contributed by atoms with van der Waals surface area (Å²) < 4.78 is 81.2. The minimum absolute atomic E-state index is 0.00422. The first-order chi connectivity index (χ1) is 28.3. The van der Waals surface area contributed by atoms with Crippen molar-refractivity contribution in [1.29, 1.82) is 0 Å². The van der Waals surface area contributed by atoms with Gasteiger partial charge >= 0.3 is 0 Å². The highest BCUT2D eigenvalue weighted by atomic mass is 32.2. The molecule has 4 fully saturated rings. The largest absolute Gasteiger partial charge is 0.414 e. The molecule has 4 saturated heterocycles. The summed E-state index contributed by atoms with van der Waals surface area (Å²) in [5.41, 5.74) is 2.16. The number of sulfone groups is 1. The zero-order chi connectivity index (χ0) is 45.1. The standard InChI is InChI=1S/C48H82O10SSi2/c1-32-27-36(21-23-40-33(2)28-37(55-40)22-24-44-52-25-26-53-44)56-41(34(32)3)30-42-45(35(4)59(49,50)39-19-17-16-18-20-39)46(51-11)43(57-42)29-38(58-61(14,15)48(8,9)10)31-54-60(12,13)47(5,6)7/h16-20,32,35-38,40-46H,2-3,21-31H2,1,4-15H3/t32-,35-,36-,37-,38-,40-,41+,42-,43+,45-,46-/m0/s1. The van der Waals surface area contributed by atoms with Crippen molar-refractivity contribution in [3.05, 3.63) is 54.6 Å². The van der Waals surface area contributed by atoms with Gasteiger partial charge in [0.25, 0.3) is 0 Å². The molecule has 0 aliphatic carbocycles. The van der Waals surface area contributed by atoms with E-state index in [1.807, 2.05) is 13.0 Å². The van der Waals surface area contributed by atoms with E-state index in [1.165, 1.54) is 0 Å². The molecule has 4 aliphatic rings. The third kappa shape index (κ3) is 12.6. The molecule has 0 unspecified atom stereocenters. The Morgan fingerprint density at radius 3 is 2.03 bits per heavy atom. The molecule has 61 heavy (non-hydrogen) atoms. The van der Waals surface area contributed by atoms with Gasteiger partial charge in [-0.1, -0.05) is 79.8 Å². The van der Waals surface area contributed by atoms with Crippen LogP contribution in [0.25, 0.3) is 0 Å². The molecule has 0 bridgehead atoms. The minimum Gasteiger partial charge on any atom is -0.414 e. The average molecular weight is 907 g/mol. The van der Waals surface area contributed by atoms with E-state index in [0.717, 1.165) is 49.7 Å². The number of hydrogen-bond acceptors (Lipinski definition) is 10. The monoisotopic (exact) mass is 907 g/mol. The van der Waals surface area contributed by atoms with Gasteiger partial charge in [-0.3, -0.25) is 0 Å². The van der Waals surface area contributed by atoms with Crippen molar-refractivity contribution in [2.75, 3.05) is 26.9 Å². The Morgan fingerprint density at radius 2 is 1.43 bits per heavy atom. The predicted molar refractivity (Wildman–Crippen MR) is 249 cm³/mol. The molecule has 13 heteroatoms. The van der Waals surface area contributed by atoms with Crippen LogP contribution in [0.5, 0.6) is 0 Å². The fraction of sp³-hybridized carbons (Fsp3) is 0.792. The third-order valence-corrected chi connectivity index (χ3v) is 26.3. The number of ether oxygens (including phenoxy) is 6. The quantitative estimate of drug-likeness (QED) is 0.0984. The Kier molecular flexibility index (Phi) is 17.1. The Balaban J connectivity index is 1.36. The van der Waals surface area contributed by atoms with Gasteiger partial charge in [-0.15, -0.1) is 0 Å². The Bertz CT molecular complexity index is 1700. The molecule has 0 saturated carbocycles. The molecule has 348 valence electrons. The van der Waals surface area contributed by atoms with E-state index in [2.05, 4.69) is 87.8 Å². The maximum atomic E-state index is 14.5. The van der Waals surface area contributed by atoms with Crippen LogP contribution in [0, 0.1) is 11.8 Å². The molecule has 0 amide bonds. The lowest BCUT2D eigenvalue weighted by molar-refractivity contribution is -0.0794. The molecule has 1 aromatic rings. The highest BCUT2D eigenvalue weighted by Gasteiger charge is 2.53. The maximum Gasteiger partial charge on any atom is 0.192 e. The summed E-state index contributed by atoms with van der Waals surface area (Å²) in [6.07, 6.45) is 4.10. The number of hydrogen-bond donors (Lipinski definition) is 0. The molecule has 0 spiro atoms. The first kappa shape index (κ1) is 50.8. The van der Waals surface area contributed by atoms with Crippen molar-refractivity contribution in [3.63, 3.8) is 0 Å². The minimum atomic E-state index is -3.76. The molecule has 5 rings (SSSR count). The van der Waals surface area contributed by atoms with Gasteiger partial charge in [-0.25, -0.2) is 8.42 Å². The lowest BCUT2D eigenvalue weighted by atomic mass is 9.82. The van der Waals surface area contributed by atoms with Crippen LogP contribution in [0.15, 0.2) is 59.5 Å². The highest BCUT2D eigenvalue weighted by molar-refractivity contribution is 7.92. The second-order valence-corrected chi connectivity index (χ2v) is 33.4. The Labute approximate surface area is 372 Å². The maximum absolute atomic E-state index is 14.5. The lowest BCUT2D eigenvalue weighted by Crippen LogP contribution is -2.49. The SMILES string of the molecule is C=C1C[C@H](CCC2OCCO2)O[C@H]1CC[C@H]1C[C@H](C)C(=C)[C@@H](C[C@@H]2O[C@H](C[C@@H](CO[Si](C)(C)C(C)(C)C)O[Si](C)(C)C(C)(C)C)[C@H](OC)[C@H]2[C@H](C)S(=O)(=O)c2ccccc2)O1. The fourth-order valence-corrected chi connectivity index (χ4v) is 13.1. The molecular weight excluding hydrogens is 825 g/mol. The molecule has 1 aromatic carbocycles. The second-order valence-electron chi connectivity index (χ2n) is 21.5. The predicted octanol–water partition coefficient (Wildman–Crippen LogP) is 10.4. The van der Waals surface area contributed by atoms with Gasteiger partial charge in [0.05, 0.1) is 78.8 Å². The first-order valence-corrected chi connectivity index (χ1v) is 30.4. The molecule has 11 atom stereocenters. The lowest BCUT2D eigenvalue weighted by Gasteiger charge is -2.42. The molecule has 0 radical (unpaired) electrons. The van der Waals surface area contributed by atoms with Gasteiger partial charge in [-0.05, 0) is 104 Å². The van der Waals surface area contributed by atoms with Crippen LogP contribution in [-0.2, 0) is 47.1 Å². The van der Waals surface area contributed by atoms with E-state index in [4.69, 9.17) is 37.3 Å². The van der Waals surface area contributed by atoms with Gasteiger partial charge in [0, 0.05) is 32.3 Å². The van der Waals surface area contributed by atoms with Crippen LogP contribution in [-0.4, -0.2) is 112 Å². The Morgan fingerprint density at radius 1 is 0.820 bits per heavy atom. The van der Waals surface area contributed by atoms with Gasteiger partial charge in [-0.2, -0.15) is 0 Å². The smallest absolute Gasteiger partial charge is 0.192 e. The molecule has 0 N–H and O–H groups in total. The Hall–Kier alpha value is -1.24. The summed E-state index contributed by atoms with van der Waals surface area (Å²) in [5.74, 6) is -0.251. The normalized spacial score (nSPS) is 30.9. The van der Waals surface area contributed by atoms with Crippen LogP contribution in [0.4, 0.5) is 0 Å². The molecule has 0 aromatic heterocycles. The van der Waals surface area contributed by atoms with Crippen LogP contribution in [0.3, 0.4) is 0 Å². The number of benzene rings is 1. The van der Waals surface area contributed by atoms with Crippen molar-refractivity contribution >= 4 is 26.5 Å². The van der Waals surface area contributed by atoms with Crippen LogP contribution in [0.1, 0.15) is 107 Å². The van der Waals surface area contributed by atoms with Crippen molar-refractivity contribution in [2.24, 2.45) is 11.8 Å². The van der Waals surface area contributed by atoms with Crippen LogP contribution in [0.2, 0.25) is 36.3 Å². The van der Waals surface area contributed by atoms with Gasteiger partial charge < -0.3 is 37.3 Å². The molecule has 10 nitrogen and oxygen atoms in total. The van der Waals surface area contributed by atoms with E-state index in [9.17, 15) is 8.42 Å². The molecular formula is C48H82O10SSi2. The van der Waals surface area contributed by atoms with Crippen LogP contribution >= 0.6 is 0 Å². The summed E-state index contributed by atoms with van der Waals surface area (Å²) in [5, 5.41) is -0.787. The molecule has 4 heterocycles. The third-order valence-electron chi connectivity index (χ3n) is 15.0. The average Bonchev–Trinajstić information content (AvgIpc) is 3.91. The van der Waals surface area contributed by atoms with Crippen molar-refractivity contribution in [1.82, 2.24) is 0 Å². The second kappa shape index (κ2) is 20.5. The van der Waals surface area contributed by atoms with Crippen molar-refractivity contribution < 1.29 is 45.7 Å². The van der Waals surface area contributed by atoms with E-state index in [-0.39, 0.29) is 52.8 Å². The fourth-order valence-electron chi connectivity index (χ4n) is 9.00. The van der Waals surface area contributed by atoms with Gasteiger partial charge in [0.1, 0.15) is 0 Å². The zero-order valence-electron chi connectivity index (χ0n) is 40.0. The van der Waals surface area contributed by atoms with Crippen molar-refractivity contribution in [3.8, 4) is 0 Å². The van der Waals surface area contributed by atoms with E-state index < -0.39 is 56.0 Å². The van der Waals surface area contributed by atoms with Gasteiger partial charge in [0.15, 0.2) is 32.8 Å². The van der Waals surface area contributed by atoms with Gasteiger partial charge in [0.2, 0.25) is 0 Å². The summed E-state index contributed by atoms with van der Waals surface area (Å²) in [6, 6.07) is 8.75. The topological polar surface area (TPSA) is 108 Å².